The van der Waals surface area contributed by atoms with Gasteiger partial charge in [-0.2, -0.15) is 0 Å². The molecule has 0 saturated heterocycles. The van der Waals surface area contributed by atoms with Crippen molar-refractivity contribution in [3.63, 3.8) is 0 Å². The Bertz CT molecular complexity index is 287. The lowest BCUT2D eigenvalue weighted by molar-refractivity contribution is 0.161. The third kappa shape index (κ3) is 2.92. The van der Waals surface area contributed by atoms with Gasteiger partial charge in [-0.05, 0) is 42.6 Å². The first-order chi connectivity index (χ1) is 7.35. The van der Waals surface area contributed by atoms with Crippen LogP contribution in [-0.2, 0) is 0 Å². The number of benzene rings is 1. The molecular formula is C13H17ClS. The molecule has 0 unspecified atom stereocenters. The zero-order chi connectivity index (χ0) is 10.6. The minimum absolute atomic E-state index is 0.489. The summed E-state index contributed by atoms with van der Waals surface area (Å²) < 4.78 is 0. The highest BCUT2D eigenvalue weighted by molar-refractivity contribution is 7.99. The standard InChI is InChI=1S/C13H17ClS/c14-11-13(7-4-8-13)9-10-15-12-5-2-1-3-6-12/h1-3,5-6H,4,7-11H2. The summed E-state index contributed by atoms with van der Waals surface area (Å²) in [5.74, 6) is 2.05. The molecule has 2 rings (SSSR count). The molecule has 1 aromatic carbocycles. The van der Waals surface area contributed by atoms with Gasteiger partial charge in [0, 0.05) is 10.8 Å². The number of thioether (sulfide) groups is 1. The van der Waals surface area contributed by atoms with Crippen LogP contribution in [0.5, 0.6) is 0 Å². The summed E-state index contributed by atoms with van der Waals surface area (Å²) in [6.07, 6.45) is 5.33. The molecule has 0 radical (unpaired) electrons. The van der Waals surface area contributed by atoms with E-state index in [1.165, 1.54) is 36.3 Å². The predicted molar refractivity (Wildman–Crippen MR) is 68.8 cm³/mol. The number of hydrogen-bond acceptors (Lipinski definition) is 1. The number of alkyl halides is 1. The van der Waals surface area contributed by atoms with Crippen LogP contribution in [0.3, 0.4) is 0 Å². The fourth-order valence-corrected chi connectivity index (χ4v) is 3.55. The van der Waals surface area contributed by atoms with Gasteiger partial charge in [0.05, 0.1) is 0 Å². The summed E-state index contributed by atoms with van der Waals surface area (Å²) in [6.45, 7) is 0. The van der Waals surface area contributed by atoms with Gasteiger partial charge in [-0.15, -0.1) is 23.4 Å². The van der Waals surface area contributed by atoms with Gasteiger partial charge in [-0.25, -0.2) is 0 Å². The molecule has 0 aromatic heterocycles. The SMILES string of the molecule is ClCC1(CCSc2ccccc2)CCC1. The normalized spacial score (nSPS) is 18.5. The Labute approximate surface area is 101 Å². The van der Waals surface area contributed by atoms with Crippen molar-refractivity contribution >= 4 is 23.4 Å². The lowest BCUT2D eigenvalue weighted by Gasteiger charge is -2.40. The molecule has 1 fully saturated rings. The number of halogens is 1. The monoisotopic (exact) mass is 240 g/mol. The first-order valence-electron chi connectivity index (χ1n) is 5.58. The molecule has 82 valence electrons. The molecule has 2 heteroatoms. The smallest absolute Gasteiger partial charge is 0.0280 e. The van der Waals surface area contributed by atoms with Crippen molar-refractivity contribution in [1.82, 2.24) is 0 Å². The predicted octanol–water partition coefficient (Wildman–Crippen LogP) is 4.58. The number of rotatable bonds is 5. The Morgan fingerprint density at radius 2 is 1.93 bits per heavy atom. The second-order valence-corrected chi connectivity index (χ2v) is 5.83. The van der Waals surface area contributed by atoms with Crippen LogP contribution in [-0.4, -0.2) is 11.6 Å². The van der Waals surface area contributed by atoms with Gasteiger partial charge < -0.3 is 0 Å². The van der Waals surface area contributed by atoms with Gasteiger partial charge in [0.15, 0.2) is 0 Å². The minimum Gasteiger partial charge on any atom is -0.126 e. The van der Waals surface area contributed by atoms with E-state index in [0.29, 0.717) is 5.41 Å². The lowest BCUT2D eigenvalue weighted by atomic mass is 9.68. The molecule has 15 heavy (non-hydrogen) atoms. The van der Waals surface area contributed by atoms with Gasteiger partial charge in [0.1, 0.15) is 0 Å². The molecule has 0 N–H and O–H groups in total. The topological polar surface area (TPSA) is 0 Å². The summed E-state index contributed by atoms with van der Waals surface area (Å²) in [7, 11) is 0. The highest BCUT2D eigenvalue weighted by Crippen LogP contribution is 2.45. The van der Waals surface area contributed by atoms with Crippen molar-refractivity contribution in [2.45, 2.75) is 30.6 Å². The molecule has 1 saturated carbocycles. The zero-order valence-electron chi connectivity index (χ0n) is 8.92. The van der Waals surface area contributed by atoms with E-state index in [2.05, 4.69) is 30.3 Å². The van der Waals surface area contributed by atoms with Crippen LogP contribution in [0.1, 0.15) is 25.7 Å². The van der Waals surface area contributed by atoms with Crippen LogP contribution in [0.2, 0.25) is 0 Å². The Morgan fingerprint density at radius 3 is 2.47 bits per heavy atom. The molecule has 0 nitrogen and oxygen atoms in total. The van der Waals surface area contributed by atoms with Crippen molar-refractivity contribution in [1.29, 1.82) is 0 Å². The second kappa shape index (κ2) is 5.27. The largest absolute Gasteiger partial charge is 0.126 e. The average Bonchev–Trinajstić information content (AvgIpc) is 2.24. The maximum Gasteiger partial charge on any atom is 0.0280 e. The Hall–Kier alpha value is -0.140. The van der Waals surface area contributed by atoms with Gasteiger partial charge in [-0.1, -0.05) is 24.6 Å². The molecule has 0 aliphatic heterocycles. The molecule has 1 aromatic rings. The molecule has 1 aliphatic carbocycles. The fourth-order valence-electron chi connectivity index (χ4n) is 2.03. The van der Waals surface area contributed by atoms with Crippen LogP contribution in [0.25, 0.3) is 0 Å². The first kappa shape index (κ1) is 11.3. The van der Waals surface area contributed by atoms with E-state index in [0.717, 1.165) is 5.88 Å². The summed E-state index contributed by atoms with van der Waals surface area (Å²) >= 11 is 7.99. The van der Waals surface area contributed by atoms with Crippen LogP contribution in [0.15, 0.2) is 35.2 Å². The maximum atomic E-state index is 6.03. The summed E-state index contributed by atoms with van der Waals surface area (Å²) in [5.41, 5.74) is 0.489. The Balaban J connectivity index is 1.75. The van der Waals surface area contributed by atoms with E-state index in [-0.39, 0.29) is 0 Å². The van der Waals surface area contributed by atoms with Crippen molar-refractivity contribution in [3.8, 4) is 0 Å². The summed E-state index contributed by atoms with van der Waals surface area (Å²) in [6, 6.07) is 10.6. The Kier molecular flexibility index (Phi) is 3.99. The molecule has 0 bridgehead atoms. The van der Waals surface area contributed by atoms with Crippen molar-refractivity contribution in [2.24, 2.45) is 5.41 Å². The highest BCUT2D eigenvalue weighted by Gasteiger charge is 2.35. The van der Waals surface area contributed by atoms with Crippen LogP contribution >= 0.6 is 23.4 Å². The molecule has 0 amide bonds. The van der Waals surface area contributed by atoms with Crippen LogP contribution < -0.4 is 0 Å². The quantitative estimate of drug-likeness (QED) is 0.536. The summed E-state index contributed by atoms with van der Waals surface area (Å²) in [5, 5.41) is 0. The summed E-state index contributed by atoms with van der Waals surface area (Å²) in [4.78, 5) is 1.38. The zero-order valence-corrected chi connectivity index (χ0v) is 10.5. The van der Waals surface area contributed by atoms with Crippen LogP contribution in [0.4, 0.5) is 0 Å². The molecule has 1 aliphatic rings. The third-order valence-corrected chi connectivity index (χ3v) is 4.92. The highest BCUT2D eigenvalue weighted by atomic mass is 35.5. The maximum absolute atomic E-state index is 6.03. The average molecular weight is 241 g/mol. The van der Waals surface area contributed by atoms with E-state index in [9.17, 15) is 0 Å². The van der Waals surface area contributed by atoms with Gasteiger partial charge in [0.25, 0.3) is 0 Å². The van der Waals surface area contributed by atoms with E-state index >= 15 is 0 Å². The first-order valence-corrected chi connectivity index (χ1v) is 7.11. The molecule has 0 atom stereocenters. The minimum atomic E-state index is 0.489. The molecule has 0 spiro atoms. The Morgan fingerprint density at radius 1 is 1.20 bits per heavy atom. The van der Waals surface area contributed by atoms with Crippen molar-refractivity contribution in [2.75, 3.05) is 11.6 Å². The van der Waals surface area contributed by atoms with Gasteiger partial charge in [-0.3, -0.25) is 0 Å². The van der Waals surface area contributed by atoms with Gasteiger partial charge >= 0.3 is 0 Å². The van der Waals surface area contributed by atoms with Gasteiger partial charge in [0.2, 0.25) is 0 Å². The molecular weight excluding hydrogens is 224 g/mol. The lowest BCUT2D eigenvalue weighted by Crippen LogP contribution is -2.31. The van der Waals surface area contributed by atoms with E-state index in [4.69, 9.17) is 11.6 Å². The third-order valence-electron chi connectivity index (χ3n) is 3.34. The van der Waals surface area contributed by atoms with Crippen molar-refractivity contribution < 1.29 is 0 Å². The fraction of sp³-hybridized carbons (Fsp3) is 0.538. The van der Waals surface area contributed by atoms with Crippen LogP contribution in [0, 0.1) is 5.41 Å². The number of hydrogen-bond donors (Lipinski definition) is 0. The molecule has 0 heterocycles. The second-order valence-electron chi connectivity index (χ2n) is 4.40. The van der Waals surface area contributed by atoms with E-state index < -0.39 is 0 Å². The van der Waals surface area contributed by atoms with Crippen molar-refractivity contribution in [3.05, 3.63) is 30.3 Å². The van der Waals surface area contributed by atoms with E-state index in [1.54, 1.807) is 0 Å². The van der Waals surface area contributed by atoms with E-state index in [1.807, 2.05) is 11.8 Å².